The molecule has 1 N–H and O–H groups in total. The molecule has 1 aromatic heterocycles. The Kier molecular flexibility index (Phi) is 3.33. The molecule has 0 spiro atoms. The summed E-state index contributed by atoms with van der Waals surface area (Å²) < 4.78 is 7.58. The average Bonchev–Trinajstić information content (AvgIpc) is 3.04. The Morgan fingerprint density at radius 1 is 1.47 bits per heavy atom. The molecule has 0 saturated carbocycles. The fraction of sp³-hybridized carbons (Fsp3) is 0.267. The van der Waals surface area contributed by atoms with E-state index in [0.29, 0.717) is 0 Å². The fourth-order valence-electron chi connectivity index (χ4n) is 2.31. The lowest BCUT2D eigenvalue weighted by molar-refractivity contribution is 0.227. The van der Waals surface area contributed by atoms with E-state index in [1.165, 1.54) is 5.56 Å². The van der Waals surface area contributed by atoms with Crippen LogP contribution in [-0.4, -0.2) is 22.4 Å². The maximum Gasteiger partial charge on any atom is 0.123 e. The summed E-state index contributed by atoms with van der Waals surface area (Å²) in [5.74, 6) is 1.02. The molecule has 0 fully saturated rings. The highest BCUT2D eigenvalue weighted by Crippen LogP contribution is 2.27. The van der Waals surface area contributed by atoms with Crippen molar-refractivity contribution in [1.29, 1.82) is 0 Å². The van der Waals surface area contributed by atoms with Gasteiger partial charge in [-0.2, -0.15) is 5.10 Å². The standard InChI is InChI=1S/C15H17N3O/c1-2-18-11-12(9-17-18)8-16-10-14-7-13-5-3-4-6-15(13)19-14/h2-6,9,11,14,16H,1,7-8,10H2. The topological polar surface area (TPSA) is 39.1 Å². The maximum absolute atomic E-state index is 5.87. The average molecular weight is 255 g/mol. The van der Waals surface area contributed by atoms with Crippen molar-refractivity contribution >= 4 is 6.20 Å². The molecule has 0 radical (unpaired) electrons. The highest BCUT2D eigenvalue weighted by molar-refractivity contribution is 5.37. The summed E-state index contributed by atoms with van der Waals surface area (Å²) in [4.78, 5) is 0. The molecule has 1 unspecified atom stereocenters. The van der Waals surface area contributed by atoms with Crippen molar-refractivity contribution < 1.29 is 4.74 Å². The minimum Gasteiger partial charge on any atom is -0.488 e. The van der Waals surface area contributed by atoms with Crippen LogP contribution in [0.3, 0.4) is 0 Å². The van der Waals surface area contributed by atoms with E-state index in [0.717, 1.165) is 30.8 Å². The van der Waals surface area contributed by atoms with Gasteiger partial charge in [-0.15, -0.1) is 0 Å². The first-order chi connectivity index (χ1) is 9.35. The summed E-state index contributed by atoms with van der Waals surface area (Å²) in [6.45, 7) is 5.31. The predicted molar refractivity (Wildman–Crippen MR) is 74.9 cm³/mol. The molecule has 2 aromatic rings. The molecule has 0 saturated heterocycles. The number of rotatable bonds is 5. The third-order valence-corrected chi connectivity index (χ3v) is 3.26. The van der Waals surface area contributed by atoms with Crippen LogP contribution in [0.2, 0.25) is 0 Å². The number of ether oxygens (including phenoxy) is 1. The van der Waals surface area contributed by atoms with E-state index in [1.807, 2.05) is 24.5 Å². The largest absolute Gasteiger partial charge is 0.488 e. The van der Waals surface area contributed by atoms with Crippen LogP contribution < -0.4 is 10.1 Å². The van der Waals surface area contributed by atoms with Crippen molar-refractivity contribution in [2.75, 3.05) is 6.54 Å². The molecule has 0 aliphatic carbocycles. The van der Waals surface area contributed by atoms with E-state index >= 15 is 0 Å². The van der Waals surface area contributed by atoms with E-state index < -0.39 is 0 Å². The second-order valence-corrected chi connectivity index (χ2v) is 4.69. The van der Waals surface area contributed by atoms with Gasteiger partial charge in [0.25, 0.3) is 0 Å². The Morgan fingerprint density at radius 3 is 3.16 bits per heavy atom. The van der Waals surface area contributed by atoms with Gasteiger partial charge in [0, 0.05) is 37.5 Å². The first kappa shape index (κ1) is 12.0. The molecule has 98 valence electrons. The Hall–Kier alpha value is -2.07. The van der Waals surface area contributed by atoms with Gasteiger partial charge in [0.05, 0.1) is 6.20 Å². The van der Waals surface area contributed by atoms with Crippen molar-refractivity contribution in [3.8, 4) is 5.75 Å². The highest BCUT2D eigenvalue weighted by Gasteiger charge is 2.21. The van der Waals surface area contributed by atoms with Gasteiger partial charge < -0.3 is 10.1 Å². The number of hydrogen-bond acceptors (Lipinski definition) is 3. The third kappa shape index (κ3) is 2.69. The van der Waals surface area contributed by atoms with Crippen molar-refractivity contribution in [3.05, 3.63) is 54.4 Å². The molecule has 0 amide bonds. The number of nitrogens with one attached hydrogen (secondary N) is 1. The van der Waals surface area contributed by atoms with Crippen molar-refractivity contribution in [2.24, 2.45) is 0 Å². The van der Waals surface area contributed by atoms with Gasteiger partial charge in [-0.1, -0.05) is 24.8 Å². The zero-order chi connectivity index (χ0) is 13.1. The van der Waals surface area contributed by atoms with E-state index in [-0.39, 0.29) is 6.10 Å². The van der Waals surface area contributed by atoms with Gasteiger partial charge in [0.15, 0.2) is 0 Å². The lowest BCUT2D eigenvalue weighted by atomic mass is 10.1. The number of benzene rings is 1. The van der Waals surface area contributed by atoms with E-state index in [4.69, 9.17) is 4.74 Å². The van der Waals surface area contributed by atoms with Crippen LogP contribution >= 0.6 is 0 Å². The van der Waals surface area contributed by atoms with Gasteiger partial charge in [-0.3, -0.25) is 0 Å². The quantitative estimate of drug-likeness (QED) is 0.889. The van der Waals surface area contributed by atoms with Crippen LogP contribution in [0.25, 0.3) is 6.20 Å². The molecule has 1 aromatic carbocycles. The zero-order valence-electron chi connectivity index (χ0n) is 10.7. The Balaban J connectivity index is 1.48. The number of para-hydroxylation sites is 1. The van der Waals surface area contributed by atoms with Crippen LogP contribution in [0.5, 0.6) is 5.75 Å². The number of aromatic nitrogens is 2. The summed E-state index contributed by atoms with van der Waals surface area (Å²) in [5, 5.41) is 7.55. The van der Waals surface area contributed by atoms with E-state index in [9.17, 15) is 0 Å². The molecule has 1 atom stereocenters. The van der Waals surface area contributed by atoms with Crippen molar-refractivity contribution in [2.45, 2.75) is 19.1 Å². The van der Waals surface area contributed by atoms with E-state index in [1.54, 1.807) is 10.9 Å². The molecule has 0 bridgehead atoms. The van der Waals surface area contributed by atoms with Gasteiger partial charge in [0.1, 0.15) is 11.9 Å². The lowest BCUT2D eigenvalue weighted by Crippen LogP contribution is -2.29. The fourth-order valence-corrected chi connectivity index (χ4v) is 2.31. The second kappa shape index (κ2) is 5.28. The lowest BCUT2D eigenvalue weighted by Gasteiger charge is -2.11. The second-order valence-electron chi connectivity index (χ2n) is 4.69. The van der Waals surface area contributed by atoms with Gasteiger partial charge in [-0.25, -0.2) is 4.68 Å². The normalized spacial score (nSPS) is 16.9. The van der Waals surface area contributed by atoms with E-state index in [2.05, 4.69) is 29.1 Å². The molecular formula is C15H17N3O. The molecular weight excluding hydrogens is 238 g/mol. The zero-order valence-corrected chi connectivity index (χ0v) is 10.7. The van der Waals surface area contributed by atoms with Gasteiger partial charge >= 0.3 is 0 Å². The third-order valence-electron chi connectivity index (χ3n) is 3.26. The van der Waals surface area contributed by atoms with Crippen molar-refractivity contribution in [3.63, 3.8) is 0 Å². The molecule has 4 nitrogen and oxygen atoms in total. The summed E-state index contributed by atoms with van der Waals surface area (Å²) in [5.41, 5.74) is 2.45. The first-order valence-corrected chi connectivity index (χ1v) is 6.46. The minimum atomic E-state index is 0.229. The molecule has 1 aliphatic rings. The van der Waals surface area contributed by atoms with Crippen LogP contribution in [0.1, 0.15) is 11.1 Å². The number of hydrogen-bond donors (Lipinski definition) is 1. The highest BCUT2D eigenvalue weighted by atomic mass is 16.5. The molecule has 19 heavy (non-hydrogen) atoms. The maximum atomic E-state index is 5.87. The summed E-state index contributed by atoms with van der Waals surface area (Å²) in [7, 11) is 0. The summed E-state index contributed by atoms with van der Waals surface area (Å²) in [6, 6.07) is 8.23. The first-order valence-electron chi connectivity index (χ1n) is 6.46. The Morgan fingerprint density at radius 2 is 2.37 bits per heavy atom. The molecule has 1 aliphatic heterocycles. The Labute approximate surface area is 112 Å². The van der Waals surface area contributed by atoms with Crippen LogP contribution in [0, 0.1) is 0 Å². The number of nitrogens with zero attached hydrogens (tertiary/aromatic N) is 2. The minimum absolute atomic E-state index is 0.229. The van der Waals surface area contributed by atoms with Crippen LogP contribution in [0.15, 0.2) is 43.2 Å². The number of fused-ring (bicyclic) bond motifs is 1. The summed E-state index contributed by atoms with van der Waals surface area (Å²) in [6.07, 6.45) is 6.70. The van der Waals surface area contributed by atoms with Gasteiger partial charge in [0.2, 0.25) is 0 Å². The van der Waals surface area contributed by atoms with Crippen LogP contribution in [-0.2, 0) is 13.0 Å². The van der Waals surface area contributed by atoms with Gasteiger partial charge in [-0.05, 0) is 11.6 Å². The molecule has 4 heteroatoms. The van der Waals surface area contributed by atoms with Crippen molar-refractivity contribution in [1.82, 2.24) is 15.1 Å². The Bertz CT molecular complexity index is 551. The van der Waals surface area contributed by atoms with Crippen LogP contribution in [0.4, 0.5) is 0 Å². The molecule has 3 rings (SSSR count). The predicted octanol–water partition coefficient (Wildman–Crippen LogP) is 2.08. The molecule has 2 heterocycles. The summed E-state index contributed by atoms with van der Waals surface area (Å²) >= 11 is 0. The monoisotopic (exact) mass is 255 g/mol. The smallest absolute Gasteiger partial charge is 0.123 e. The SMILES string of the molecule is C=Cn1cc(CNCC2Cc3ccccc3O2)cn1.